The number of rotatable bonds is 3. The second-order valence-electron chi connectivity index (χ2n) is 6.35. The van der Waals surface area contributed by atoms with E-state index in [9.17, 15) is 0 Å². The molecular formula is C16H23N3O. The van der Waals surface area contributed by atoms with Gasteiger partial charge in [0.1, 0.15) is 0 Å². The average molecular weight is 273 g/mol. The number of ether oxygens (including phenoxy) is 1. The molecule has 108 valence electrons. The minimum atomic E-state index is 0.667. The van der Waals surface area contributed by atoms with Crippen LogP contribution in [-0.2, 0) is 4.74 Å². The Morgan fingerprint density at radius 1 is 1.00 bits per heavy atom. The van der Waals surface area contributed by atoms with Crippen molar-refractivity contribution < 1.29 is 4.74 Å². The molecule has 0 radical (unpaired) electrons. The molecule has 2 aliphatic heterocycles. The Hall–Kier alpha value is -1.26. The quantitative estimate of drug-likeness (QED) is 0.851. The second-order valence-corrected chi connectivity index (χ2v) is 6.35. The lowest BCUT2D eigenvalue weighted by atomic mass is 10.1. The van der Waals surface area contributed by atoms with Gasteiger partial charge in [-0.15, -0.1) is 0 Å². The summed E-state index contributed by atoms with van der Waals surface area (Å²) in [6, 6.07) is 7.31. The molecule has 1 saturated carbocycles. The molecule has 4 rings (SSSR count). The third-order valence-corrected chi connectivity index (χ3v) is 4.83. The van der Waals surface area contributed by atoms with Crippen LogP contribution < -0.4 is 10.6 Å². The summed E-state index contributed by atoms with van der Waals surface area (Å²) in [4.78, 5) is 5.05. The fraction of sp³-hybridized carbons (Fsp3) is 0.625. The Labute approximate surface area is 120 Å². The molecule has 2 N–H and O–H groups in total. The summed E-state index contributed by atoms with van der Waals surface area (Å²) in [5.74, 6) is 0.769. The maximum absolute atomic E-state index is 6.08. The van der Waals surface area contributed by atoms with E-state index >= 15 is 0 Å². The van der Waals surface area contributed by atoms with Crippen molar-refractivity contribution in [3.8, 4) is 0 Å². The number of nitrogens with zero attached hydrogens (tertiary/aromatic N) is 2. The Morgan fingerprint density at radius 3 is 2.35 bits per heavy atom. The van der Waals surface area contributed by atoms with Gasteiger partial charge in [-0.05, 0) is 42.5 Å². The molecule has 1 aromatic carbocycles. The van der Waals surface area contributed by atoms with Crippen molar-refractivity contribution in [3.05, 3.63) is 23.8 Å². The van der Waals surface area contributed by atoms with E-state index in [4.69, 9.17) is 10.5 Å². The smallest absolute Gasteiger partial charge is 0.0645 e. The van der Waals surface area contributed by atoms with Gasteiger partial charge in [0.2, 0.25) is 0 Å². The Balaban J connectivity index is 1.45. The lowest BCUT2D eigenvalue weighted by molar-refractivity contribution is -0.0660. The van der Waals surface area contributed by atoms with Crippen molar-refractivity contribution in [1.29, 1.82) is 0 Å². The summed E-state index contributed by atoms with van der Waals surface area (Å²) in [6.07, 6.45) is 2.66. The second kappa shape index (κ2) is 4.93. The molecule has 3 fully saturated rings. The van der Waals surface area contributed by atoms with Gasteiger partial charge in [0.25, 0.3) is 0 Å². The molecule has 0 unspecified atom stereocenters. The third-order valence-electron chi connectivity index (χ3n) is 4.83. The first kappa shape index (κ1) is 12.5. The zero-order valence-electron chi connectivity index (χ0n) is 11.9. The van der Waals surface area contributed by atoms with E-state index < -0.39 is 0 Å². The van der Waals surface area contributed by atoms with Crippen molar-refractivity contribution in [1.82, 2.24) is 4.90 Å². The molecule has 20 heavy (non-hydrogen) atoms. The molecule has 0 amide bonds. The van der Waals surface area contributed by atoms with Crippen LogP contribution in [0.15, 0.2) is 18.2 Å². The highest BCUT2D eigenvalue weighted by molar-refractivity contribution is 5.60. The number of hydrogen-bond acceptors (Lipinski definition) is 4. The molecule has 2 heterocycles. The van der Waals surface area contributed by atoms with E-state index in [1.54, 1.807) is 0 Å². The number of nitrogen functional groups attached to an aromatic ring is 1. The maximum Gasteiger partial charge on any atom is 0.0645 e. The monoisotopic (exact) mass is 273 g/mol. The highest BCUT2D eigenvalue weighted by atomic mass is 16.5. The van der Waals surface area contributed by atoms with Gasteiger partial charge in [0.05, 0.1) is 19.3 Å². The molecule has 0 aromatic heterocycles. The van der Waals surface area contributed by atoms with E-state index in [-0.39, 0.29) is 0 Å². The Bertz CT molecular complexity index is 488. The summed E-state index contributed by atoms with van der Waals surface area (Å²) in [5, 5.41) is 0. The number of nitrogens with two attached hydrogens (primary N) is 1. The summed E-state index contributed by atoms with van der Waals surface area (Å²) < 4.78 is 5.29. The van der Waals surface area contributed by atoms with Crippen LogP contribution in [-0.4, -0.2) is 50.3 Å². The van der Waals surface area contributed by atoms with E-state index in [0.29, 0.717) is 6.04 Å². The molecule has 4 heteroatoms. The molecule has 0 atom stereocenters. The fourth-order valence-corrected chi connectivity index (χ4v) is 3.27. The van der Waals surface area contributed by atoms with Crippen LogP contribution in [0.1, 0.15) is 24.3 Å². The third kappa shape index (κ3) is 2.38. The lowest BCUT2D eigenvalue weighted by Crippen LogP contribution is -2.56. The zero-order valence-corrected chi connectivity index (χ0v) is 11.9. The standard InChI is InChI=1S/C16H23N3O/c17-14-7-13(12-1-2-12)8-15(9-14)18-3-5-19(6-4-18)16-10-20-11-16/h7-9,12,16H,1-6,10-11,17H2. The number of hydrogen-bond donors (Lipinski definition) is 1. The molecule has 3 aliphatic rings. The van der Waals surface area contributed by atoms with Crippen LogP contribution >= 0.6 is 0 Å². The minimum Gasteiger partial charge on any atom is -0.399 e. The zero-order chi connectivity index (χ0) is 13.5. The molecule has 0 bridgehead atoms. The molecule has 2 saturated heterocycles. The van der Waals surface area contributed by atoms with Crippen LogP contribution in [0.3, 0.4) is 0 Å². The summed E-state index contributed by atoms with van der Waals surface area (Å²) in [6.45, 7) is 6.32. The van der Waals surface area contributed by atoms with Crippen molar-refractivity contribution in [3.63, 3.8) is 0 Å². The van der Waals surface area contributed by atoms with Gasteiger partial charge in [0, 0.05) is 37.6 Å². The molecule has 0 spiro atoms. The van der Waals surface area contributed by atoms with Crippen molar-refractivity contribution in [2.24, 2.45) is 0 Å². The van der Waals surface area contributed by atoms with Crippen LogP contribution in [0.5, 0.6) is 0 Å². The van der Waals surface area contributed by atoms with Gasteiger partial charge >= 0.3 is 0 Å². The predicted molar refractivity (Wildman–Crippen MR) is 81.2 cm³/mol. The summed E-state index contributed by atoms with van der Waals surface area (Å²) in [7, 11) is 0. The lowest BCUT2D eigenvalue weighted by Gasteiger charge is -2.43. The minimum absolute atomic E-state index is 0.667. The largest absolute Gasteiger partial charge is 0.399 e. The van der Waals surface area contributed by atoms with Crippen LogP contribution in [0.4, 0.5) is 11.4 Å². The van der Waals surface area contributed by atoms with Gasteiger partial charge in [0.15, 0.2) is 0 Å². The first-order valence-corrected chi connectivity index (χ1v) is 7.77. The average Bonchev–Trinajstić information content (AvgIpc) is 3.21. The Morgan fingerprint density at radius 2 is 1.75 bits per heavy atom. The van der Waals surface area contributed by atoms with E-state index in [2.05, 4.69) is 28.0 Å². The van der Waals surface area contributed by atoms with Crippen LogP contribution in [0.2, 0.25) is 0 Å². The normalized spacial score (nSPS) is 24.7. The summed E-state index contributed by atoms with van der Waals surface area (Å²) >= 11 is 0. The molecular weight excluding hydrogens is 250 g/mol. The van der Waals surface area contributed by atoms with Gasteiger partial charge in [-0.1, -0.05) is 0 Å². The van der Waals surface area contributed by atoms with Gasteiger partial charge in [-0.2, -0.15) is 0 Å². The van der Waals surface area contributed by atoms with E-state index in [0.717, 1.165) is 51.0 Å². The topological polar surface area (TPSA) is 41.7 Å². The van der Waals surface area contributed by atoms with Crippen LogP contribution in [0, 0.1) is 0 Å². The number of anilines is 2. The van der Waals surface area contributed by atoms with Crippen molar-refractivity contribution in [2.45, 2.75) is 24.8 Å². The first-order chi connectivity index (χ1) is 9.79. The first-order valence-electron chi connectivity index (χ1n) is 7.77. The van der Waals surface area contributed by atoms with E-state index in [1.165, 1.54) is 24.1 Å². The number of piperazine rings is 1. The maximum atomic E-state index is 6.08. The van der Waals surface area contributed by atoms with Crippen LogP contribution in [0.25, 0.3) is 0 Å². The predicted octanol–water partition coefficient (Wildman–Crippen LogP) is 1.67. The molecule has 4 nitrogen and oxygen atoms in total. The fourth-order valence-electron chi connectivity index (χ4n) is 3.27. The highest BCUT2D eigenvalue weighted by Crippen LogP contribution is 2.42. The summed E-state index contributed by atoms with van der Waals surface area (Å²) in [5.41, 5.74) is 9.76. The highest BCUT2D eigenvalue weighted by Gasteiger charge is 2.29. The van der Waals surface area contributed by atoms with Gasteiger partial charge in [-0.3, -0.25) is 4.90 Å². The number of benzene rings is 1. The van der Waals surface area contributed by atoms with Gasteiger partial charge in [-0.25, -0.2) is 0 Å². The molecule has 1 aromatic rings. The van der Waals surface area contributed by atoms with Gasteiger partial charge < -0.3 is 15.4 Å². The van der Waals surface area contributed by atoms with Crippen molar-refractivity contribution >= 4 is 11.4 Å². The SMILES string of the molecule is Nc1cc(C2CC2)cc(N2CCN(C3COC3)CC2)c1. The van der Waals surface area contributed by atoms with Crippen molar-refractivity contribution in [2.75, 3.05) is 50.0 Å². The molecule has 1 aliphatic carbocycles. The van der Waals surface area contributed by atoms with E-state index in [1.807, 2.05) is 0 Å². The Kier molecular flexibility index (Phi) is 3.08.